The molecule has 1 aliphatic rings. The van der Waals surface area contributed by atoms with E-state index in [-0.39, 0.29) is 12.0 Å². The summed E-state index contributed by atoms with van der Waals surface area (Å²) in [5.74, 6) is -0.132. The third kappa shape index (κ3) is 4.78. The van der Waals surface area contributed by atoms with Crippen LogP contribution in [-0.2, 0) is 4.74 Å². The number of para-hydroxylation sites is 1. The Kier molecular flexibility index (Phi) is 6.30. The van der Waals surface area contributed by atoms with Crippen molar-refractivity contribution in [1.29, 1.82) is 0 Å². The van der Waals surface area contributed by atoms with Crippen molar-refractivity contribution < 1.29 is 14.3 Å². The van der Waals surface area contributed by atoms with Crippen molar-refractivity contribution in [1.82, 2.24) is 5.32 Å². The maximum atomic E-state index is 12.4. The number of ether oxygens (including phenoxy) is 1. The molecule has 1 aliphatic heterocycles. The van der Waals surface area contributed by atoms with Crippen LogP contribution in [0.15, 0.2) is 54.6 Å². The maximum Gasteiger partial charge on any atom is 0.414 e. The number of nitrogens with one attached hydrogen (secondary N) is 1. The predicted octanol–water partition coefficient (Wildman–Crippen LogP) is 3.29. The number of carbonyl (C=O) groups excluding carboxylic acids is 2. The lowest BCUT2D eigenvalue weighted by atomic mass is 10.1. The summed E-state index contributed by atoms with van der Waals surface area (Å²) in [6.45, 7) is 5.41. The van der Waals surface area contributed by atoms with E-state index >= 15 is 0 Å². The monoisotopic (exact) mass is 367 g/mol. The number of cyclic esters (lactones) is 1. The van der Waals surface area contributed by atoms with Crippen LogP contribution in [0, 0.1) is 0 Å². The van der Waals surface area contributed by atoms with Crippen molar-refractivity contribution in [2.24, 2.45) is 0 Å². The van der Waals surface area contributed by atoms with Crippen LogP contribution in [0.5, 0.6) is 0 Å². The highest BCUT2D eigenvalue weighted by atomic mass is 16.6. The van der Waals surface area contributed by atoms with Crippen molar-refractivity contribution in [2.45, 2.75) is 13.3 Å². The Bertz CT molecular complexity index is 779. The first-order valence-corrected chi connectivity index (χ1v) is 9.31. The highest BCUT2D eigenvalue weighted by Gasteiger charge is 2.24. The third-order valence-corrected chi connectivity index (χ3v) is 4.57. The summed E-state index contributed by atoms with van der Waals surface area (Å²) in [7, 11) is 0. The lowest BCUT2D eigenvalue weighted by molar-refractivity contribution is 0.0953. The van der Waals surface area contributed by atoms with Crippen molar-refractivity contribution in [3.8, 4) is 0 Å². The van der Waals surface area contributed by atoms with Gasteiger partial charge < -0.3 is 15.0 Å². The van der Waals surface area contributed by atoms with E-state index in [2.05, 4.69) is 29.3 Å². The number of amides is 2. The molecule has 0 aliphatic carbocycles. The Morgan fingerprint density at radius 1 is 1.19 bits per heavy atom. The van der Waals surface area contributed by atoms with E-state index < -0.39 is 0 Å². The van der Waals surface area contributed by atoms with E-state index in [1.807, 2.05) is 24.3 Å². The highest BCUT2D eigenvalue weighted by Crippen LogP contribution is 2.20. The molecule has 6 nitrogen and oxygen atoms in total. The molecule has 0 unspecified atom stereocenters. The Morgan fingerprint density at radius 2 is 2.00 bits per heavy atom. The maximum absolute atomic E-state index is 12.4. The lowest BCUT2D eigenvalue weighted by Crippen LogP contribution is -2.30. The van der Waals surface area contributed by atoms with E-state index in [1.54, 1.807) is 18.2 Å². The van der Waals surface area contributed by atoms with Crippen LogP contribution < -0.4 is 15.1 Å². The van der Waals surface area contributed by atoms with Gasteiger partial charge in [0.2, 0.25) is 0 Å². The van der Waals surface area contributed by atoms with E-state index in [0.717, 1.165) is 19.5 Å². The fourth-order valence-electron chi connectivity index (χ4n) is 3.13. The van der Waals surface area contributed by atoms with E-state index in [1.165, 1.54) is 10.6 Å². The quantitative estimate of drug-likeness (QED) is 0.728. The fourth-order valence-corrected chi connectivity index (χ4v) is 3.13. The zero-order valence-corrected chi connectivity index (χ0v) is 15.6. The van der Waals surface area contributed by atoms with Gasteiger partial charge in [-0.25, -0.2) is 4.79 Å². The first kappa shape index (κ1) is 18.8. The molecule has 1 heterocycles. The van der Waals surface area contributed by atoms with Gasteiger partial charge in [-0.1, -0.05) is 24.3 Å². The van der Waals surface area contributed by atoms with Gasteiger partial charge in [0.1, 0.15) is 6.61 Å². The van der Waals surface area contributed by atoms with Gasteiger partial charge in [-0.15, -0.1) is 0 Å². The number of rotatable bonds is 8. The normalized spacial score (nSPS) is 13.4. The molecule has 142 valence electrons. The Morgan fingerprint density at radius 3 is 2.70 bits per heavy atom. The van der Waals surface area contributed by atoms with Crippen LogP contribution in [-0.4, -0.2) is 44.8 Å². The molecule has 2 amide bonds. The molecule has 2 aromatic rings. The van der Waals surface area contributed by atoms with Crippen molar-refractivity contribution in [3.63, 3.8) is 0 Å². The Labute approximate surface area is 159 Å². The van der Waals surface area contributed by atoms with Crippen LogP contribution >= 0.6 is 0 Å². The number of hydrogen-bond donors (Lipinski definition) is 1. The minimum Gasteiger partial charge on any atom is -0.447 e. The molecule has 0 saturated carbocycles. The zero-order chi connectivity index (χ0) is 19.1. The van der Waals surface area contributed by atoms with Gasteiger partial charge in [0, 0.05) is 36.6 Å². The second-order valence-corrected chi connectivity index (χ2v) is 6.34. The minimum absolute atomic E-state index is 0.132. The average molecular weight is 367 g/mol. The van der Waals surface area contributed by atoms with E-state index in [9.17, 15) is 9.59 Å². The molecule has 6 heteroatoms. The molecule has 3 rings (SSSR count). The molecular formula is C21H25N3O3. The van der Waals surface area contributed by atoms with Crippen LogP contribution in [0.4, 0.5) is 16.2 Å². The molecule has 0 atom stereocenters. The number of benzene rings is 2. The van der Waals surface area contributed by atoms with Crippen molar-refractivity contribution >= 4 is 23.4 Å². The number of nitrogens with zero attached hydrogens (tertiary/aromatic N) is 2. The molecule has 1 saturated heterocycles. The van der Waals surface area contributed by atoms with E-state index in [4.69, 9.17) is 4.74 Å². The summed E-state index contributed by atoms with van der Waals surface area (Å²) < 4.78 is 4.95. The smallest absolute Gasteiger partial charge is 0.414 e. The van der Waals surface area contributed by atoms with Gasteiger partial charge in [-0.3, -0.25) is 9.69 Å². The van der Waals surface area contributed by atoms with Crippen LogP contribution in [0.1, 0.15) is 23.7 Å². The molecular weight excluding hydrogens is 342 g/mol. The largest absolute Gasteiger partial charge is 0.447 e. The molecule has 0 bridgehead atoms. The summed E-state index contributed by atoms with van der Waals surface area (Å²) in [6.07, 6.45) is 0.486. The summed E-state index contributed by atoms with van der Waals surface area (Å²) in [6, 6.07) is 17.3. The molecule has 1 N–H and O–H groups in total. The van der Waals surface area contributed by atoms with Crippen molar-refractivity contribution in [2.75, 3.05) is 42.6 Å². The summed E-state index contributed by atoms with van der Waals surface area (Å²) >= 11 is 0. The third-order valence-electron chi connectivity index (χ3n) is 4.57. The highest BCUT2D eigenvalue weighted by molar-refractivity contribution is 5.97. The van der Waals surface area contributed by atoms with Crippen LogP contribution in [0.25, 0.3) is 0 Å². The second kappa shape index (κ2) is 9.07. The van der Waals surface area contributed by atoms with Gasteiger partial charge >= 0.3 is 6.09 Å². The van der Waals surface area contributed by atoms with E-state index in [0.29, 0.717) is 30.9 Å². The Hall–Kier alpha value is -3.02. The summed E-state index contributed by atoms with van der Waals surface area (Å²) in [5.41, 5.74) is 2.42. The van der Waals surface area contributed by atoms with Crippen LogP contribution in [0.2, 0.25) is 0 Å². The Balaban J connectivity index is 1.50. The van der Waals surface area contributed by atoms with Gasteiger partial charge in [0.25, 0.3) is 5.91 Å². The molecule has 0 spiro atoms. The standard InChI is InChI=1S/C21H25N3O3/c1-2-23(18-9-4-3-5-10-18)13-7-12-22-20(25)17-8-6-11-19(16-17)24-14-15-27-21(24)26/h3-6,8-11,16H,2,7,12-15H2,1H3,(H,22,25). The van der Waals surface area contributed by atoms with Gasteiger partial charge in [0.15, 0.2) is 0 Å². The molecule has 0 aromatic heterocycles. The lowest BCUT2D eigenvalue weighted by Gasteiger charge is -2.23. The molecule has 27 heavy (non-hydrogen) atoms. The first-order valence-electron chi connectivity index (χ1n) is 9.31. The molecule has 2 aromatic carbocycles. The molecule has 0 radical (unpaired) electrons. The summed E-state index contributed by atoms with van der Waals surface area (Å²) in [5, 5.41) is 2.96. The average Bonchev–Trinajstić information content (AvgIpc) is 3.14. The number of anilines is 2. The van der Waals surface area contributed by atoms with Gasteiger partial charge in [-0.05, 0) is 43.7 Å². The topological polar surface area (TPSA) is 61.9 Å². The molecule has 1 fully saturated rings. The SMILES string of the molecule is CCN(CCCNC(=O)c1cccc(N2CCOC2=O)c1)c1ccccc1. The van der Waals surface area contributed by atoms with Gasteiger partial charge in [0.05, 0.1) is 6.54 Å². The van der Waals surface area contributed by atoms with Crippen LogP contribution in [0.3, 0.4) is 0 Å². The minimum atomic E-state index is -0.367. The first-order chi connectivity index (χ1) is 13.2. The second-order valence-electron chi connectivity index (χ2n) is 6.34. The van der Waals surface area contributed by atoms with Crippen molar-refractivity contribution in [3.05, 3.63) is 60.2 Å². The van der Waals surface area contributed by atoms with Gasteiger partial charge in [-0.2, -0.15) is 0 Å². The predicted molar refractivity (Wildman–Crippen MR) is 106 cm³/mol. The number of carbonyl (C=O) groups is 2. The summed E-state index contributed by atoms with van der Waals surface area (Å²) in [4.78, 5) is 27.9. The fraction of sp³-hybridized carbons (Fsp3) is 0.333. The zero-order valence-electron chi connectivity index (χ0n) is 15.6. The number of hydrogen-bond acceptors (Lipinski definition) is 4.